The Bertz CT molecular complexity index is 1360. The molecule has 9 heteroatoms. The number of benzene rings is 2. The Balaban J connectivity index is 1.62. The van der Waals surface area contributed by atoms with Gasteiger partial charge in [-0.25, -0.2) is 0 Å². The van der Waals surface area contributed by atoms with Gasteiger partial charge in [-0.05, 0) is 47.6 Å². The maximum absolute atomic E-state index is 13.6. The van der Waals surface area contributed by atoms with Crippen molar-refractivity contribution in [1.82, 2.24) is 0 Å². The van der Waals surface area contributed by atoms with Crippen LogP contribution >= 0.6 is 0 Å². The van der Waals surface area contributed by atoms with E-state index in [1.165, 1.54) is 6.07 Å². The highest BCUT2D eigenvalue weighted by molar-refractivity contribution is 6.31. The molecule has 2 saturated carbocycles. The molecule has 35 heavy (non-hydrogen) atoms. The van der Waals surface area contributed by atoms with Gasteiger partial charge in [-0.2, -0.15) is 0 Å². The number of Topliss-reactive ketones (excluding diaryl/α,β-unsaturated/α-hetero) is 4. The zero-order valence-corrected chi connectivity index (χ0v) is 18.4. The van der Waals surface area contributed by atoms with E-state index in [4.69, 9.17) is 5.73 Å². The van der Waals surface area contributed by atoms with Crippen molar-refractivity contribution in [3.05, 3.63) is 53.1 Å². The minimum atomic E-state index is -2.67. The molecule has 0 saturated heterocycles. The summed E-state index contributed by atoms with van der Waals surface area (Å²) in [7, 11) is 0. The normalized spacial score (nSPS) is 29.7. The number of carbonyl (C=O) groups is 6. The van der Waals surface area contributed by atoms with Gasteiger partial charge in [0.25, 0.3) is 0 Å². The number of hydrogen-bond acceptors (Lipinski definition) is 8. The lowest BCUT2D eigenvalue weighted by Crippen LogP contribution is -2.68. The SMILES string of the molecule is NC(=O)C1C(=O)C[C@@H]2C[C@@H]3Cc4c(-c5cccc(C=O)c5)ccc(O)c4C(=O)C3C(=O)[C@]2(O)C1=O. The Labute approximate surface area is 198 Å². The second kappa shape index (κ2) is 7.78. The molecule has 0 aromatic heterocycles. The zero-order valence-electron chi connectivity index (χ0n) is 18.4. The minimum Gasteiger partial charge on any atom is -0.507 e. The Kier molecular flexibility index (Phi) is 5.06. The number of hydrogen-bond donors (Lipinski definition) is 3. The Morgan fingerprint density at radius 1 is 1.06 bits per heavy atom. The molecule has 0 aliphatic heterocycles. The minimum absolute atomic E-state index is 0.0184. The third-order valence-corrected chi connectivity index (χ3v) is 7.62. The average Bonchev–Trinajstić information content (AvgIpc) is 2.81. The van der Waals surface area contributed by atoms with Crippen molar-refractivity contribution >= 4 is 35.3 Å². The van der Waals surface area contributed by atoms with Crippen molar-refractivity contribution in [3.8, 4) is 16.9 Å². The number of nitrogens with two attached hydrogens (primary N) is 1. The maximum atomic E-state index is 13.6. The lowest BCUT2D eigenvalue weighted by atomic mass is 9.53. The van der Waals surface area contributed by atoms with Crippen LogP contribution in [-0.4, -0.2) is 51.1 Å². The summed E-state index contributed by atoms with van der Waals surface area (Å²) in [6.45, 7) is 0. The van der Waals surface area contributed by atoms with Crippen molar-refractivity contribution in [1.29, 1.82) is 0 Å². The third kappa shape index (κ3) is 3.11. The maximum Gasteiger partial charge on any atom is 0.235 e. The molecule has 2 aromatic rings. The van der Waals surface area contributed by atoms with Gasteiger partial charge in [-0.1, -0.05) is 24.3 Å². The van der Waals surface area contributed by atoms with E-state index in [-0.39, 0.29) is 30.6 Å². The molecule has 0 spiro atoms. The molecule has 0 radical (unpaired) electrons. The molecule has 2 fully saturated rings. The van der Waals surface area contributed by atoms with Crippen molar-refractivity contribution in [2.45, 2.75) is 24.9 Å². The molecule has 9 nitrogen and oxygen atoms in total. The monoisotopic (exact) mass is 475 g/mol. The first-order valence-corrected chi connectivity index (χ1v) is 11.2. The van der Waals surface area contributed by atoms with Gasteiger partial charge >= 0.3 is 0 Å². The summed E-state index contributed by atoms with van der Waals surface area (Å²) >= 11 is 0. The summed E-state index contributed by atoms with van der Waals surface area (Å²) < 4.78 is 0. The molecule has 2 unspecified atom stereocenters. The molecular weight excluding hydrogens is 454 g/mol. The van der Waals surface area contributed by atoms with Crippen LogP contribution in [0.15, 0.2) is 36.4 Å². The van der Waals surface area contributed by atoms with Crippen LogP contribution in [0.2, 0.25) is 0 Å². The van der Waals surface area contributed by atoms with Gasteiger partial charge in [0.15, 0.2) is 34.7 Å². The number of phenolic OH excluding ortho intramolecular Hbond substituents is 1. The Morgan fingerprint density at radius 2 is 1.80 bits per heavy atom. The third-order valence-electron chi connectivity index (χ3n) is 7.62. The molecule has 1 amide bonds. The molecule has 0 heterocycles. The lowest BCUT2D eigenvalue weighted by molar-refractivity contribution is -0.175. The number of aldehydes is 1. The summed E-state index contributed by atoms with van der Waals surface area (Å²) in [6.07, 6.45) is 0.486. The number of aromatic hydroxyl groups is 1. The number of primary amides is 1. The van der Waals surface area contributed by atoms with Crippen molar-refractivity contribution in [3.63, 3.8) is 0 Å². The molecule has 0 bridgehead atoms. The quantitative estimate of drug-likeness (QED) is 0.433. The topological polar surface area (TPSA) is 169 Å². The molecule has 5 rings (SSSR count). The van der Waals surface area contributed by atoms with Crippen molar-refractivity contribution < 1.29 is 39.0 Å². The molecule has 3 aliphatic rings. The highest BCUT2D eigenvalue weighted by atomic mass is 16.3. The number of fused-ring (bicyclic) bond motifs is 3. The standard InChI is InChI=1S/C26H21NO8/c27-25(34)21-18(30)9-14-7-13-8-16-15(12-3-1-2-11(6-12)10-28)4-5-17(29)20(16)22(31)19(13)23(32)26(14,35)24(21)33/h1-6,10,13-14,19,21,29,35H,7-9H2,(H2,27,34)/t13-,14+,19?,21?,26+/m1/s1. The highest BCUT2D eigenvalue weighted by Crippen LogP contribution is 2.51. The van der Waals surface area contributed by atoms with Crippen LogP contribution in [0.25, 0.3) is 11.1 Å². The van der Waals surface area contributed by atoms with E-state index in [1.807, 2.05) is 0 Å². The molecule has 4 N–H and O–H groups in total. The number of ketones is 4. The second-order valence-electron chi connectivity index (χ2n) is 9.47. The van der Waals surface area contributed by atoms with E-state index in [0.29, 0.717) is 28.5 Å². The first-order chi connectivity index (χ1) is 16.6. The van der Waals surface area contributed by atoms with E-state index in [0.717, 1.165) is 0 Å². The van der Waals surface area contributed by atoms with Crippen LogP contribution in [0.4, 0.5) is 0 Å². The Hall–Kier alpha value is -3.98. The van der Waals surface area contributed by atoms with Gasteiger partial charge in [0.2, 0.25) is 5.91 Å². The van der Waals surface area contributed by atoms with Crippen LogP contribution in [0.3, 0.4) is 0 Å². The van der Waals surface area contributed by atoms with Gasteiger partial charge in [-0.3, -0.25) is 28.8 Å². The molecule has 5 atom stereocenters. The van der Waals surface area contributed by atoms with Crippen LogP contribution in [-0.2, 0) is 25.6 Å². The fourth-order valence-electron chi connectivity index (χ4n) is 6.02. The first-order valence-electron chi connectivity index (χ1n) is 11.2. The first kappa shape index (κ1) is 22.8. The van der Waals surface area contributed by atoms with Gasteiger partial charge in [0, 0.05) is 17.9 Å². The molecular formula is C26H21NO8. The fourth-order valence-corrected chi connectivity index (χ4v) is 6.02. The summed E-state index contributed by atoms with van der Waals surface area (Å²) in [5, 5.41) is 21.8. The molecule has 178 valence electrons. The van der Waals surface area contributed by atoms with Crippen LogP contribution in [0, 0.1) is 23.7 Å². The predicted molar refractivity (Wildman–Crippen MR) is 119 cm³/mol. The fraction of sp³-hybridized carbons (Fsp3) is 0.308. The van der Waals surface area contributed by atoms with E-state index < -0.39 is 58.3 Å². The summed E-state index contributed by atoms with van der Waals surface area (Å²) in [6, 6.07) is 9.65. The average molecular weight is 475 g/mol. The number of rotatable bonds is 3. The van der Waals surface area contributed by atoms with Crippen molar-refractivity contribution in [2.24, 2.45) is 29.4 Å². The summed E-state index contributed by atoms with van der Waals surface area (Å²) in [4.78, 5) is 75.4. The second-order valence-corrected chi connectivity index (χ2v) is 9.47. The van der Waals surface area contributed by atoms with Gasteiger partial charge < -0.3 is 15.9 Å². The number of phenols is 1. The van der Waals surface area contributed by atoms with Crippen LogP contribution < -0.4 is 5.73 Å². The molecule has 2 aromatic carbocycles. The van der Waals surface area contributed by atoms with Gasteiger partial charge in [-0.15, -0.1) is 0 Å². The largest absolute Gasteiger partial charge is 0.507 e. The number of amides is 1. The number of aliphatic hydroxyl groups is 1. The smallest absolute Gasteiger partial charge is 0.235 e. The van der Waals surface area contributed by atoms with Crippen LogP contribution in [0.1, 0.15) is 39.1 Å². The molecule has 3 aliphatic carbocycles. The Morgan fingerprint density at radius 3 is 2.49 bits per heavy atom. The number of carbonyl (C=O) groups excluding carboxylic acids is 6. The van der Waals surface area contributed by atoms with Crippen LogP contribution in [0.5, 0.6) is 5.75 Å². The summed E-state index contributed by atoms with van der Waals surface area (Å²) in [5.41, 5.74) is 4.58. The van der Waals surface area contributed by atoms with E-state index in [1.54, 1.807) is 30.3 Å². The van der Waals surface area contributed by atoms with Crippen molar-refractivity contribution in [2.75, 3.05) is 0 Å². The lowest BCUT2D eigenvalue weighted by Gasteiger charge is -2.48. The van der Waals surface area contributed by atoms with Gasteiger partial charge in [0.1, 0.15) is 12.0 Å². The highest BCUT2D eigenvalue weighted by Gasteiger charge is 2.66. The van der Waals surface area contributed by atoms with E-state index in [9.17, 15) is 39.0 Å². The zero-order chi connectivity index (χ0) is 25.2. The van der Waals surface area contributed by atoms with E-state index >= 15 is 0 Å². The summed E-state index contributed by atoms with van der Waals surface area (Å²) in [5.74, 6) is -10.5. The van der Waals surface area contributed by atoms with Gasteiger partial charge in [0.05, 0.1) is 11.5 Å². The van der Waals surface area contributed by atoms with E-state index in [2.05, 4.69) is 0 Å². The predicted octanol–water partition coefficient (Wildman–Crippen LogP) is 0.806.